The summed E-state index contributed by atoms with van der Waals surface area (Å²) in [5.41, 5.74) is 1.85. The number of hydrogen-bond donors (Lipinski definition) is 1. The summed E-state index contributed by atoms with van der Waals surface area (Å²) in [4.78, 5) is 5.76. The van der Waals surface area contributed by atoms with E-state index in [2.05, 4.69) is 14.5 Å². The summed E-state index contributed by atoms with van der Waals surface area (Å²) in [6.45, 7) is 2.37. The fourth-order valence-corrected chi connectivity index (χ4v) is 4.30. The molecule has 2 unspecified atom stereocenters. The standard InChI is InChI=1S/C15H18FN3S/c16-10-4-5-12-11(9-10)17-15(20)19(12)14-6-8-18-7-2-1-3-13(14)18/h4-5,9,13-14H,1-3,6-8H2,(H,17,20). The van der Waals surface area contributed by atoms with Crippen LogP contribution in [0.5, 0.6) is 0 Å². The molecule has 0 amide bonds. The molecule has 4 rings (SSSR count). The number of aromatic amines is 1. The van der Waals surface area contributed by atoms with Crippen LogP contribution >= 0.6 is 12.2 Å². The van der Waals surface area contributed by atoms with E-state index in [4.69, 9.17) is 12.2 Å². The number of nitrogens with zero attached hydrogens (tertiary/aromatic N) is 2. The number of piperidine rings is 1. The molecule has 5 heteroatoms. The zero-order valence-corrected chi connectivity index (χ0v) is 12.1. The van der Waals surface area contributed by atoms with Crippen molar-refractivity contribution in [3.63, 3.8) is 0 Å². The number of aromatic nitrogens is 2. The Balaban J connectivity index is 1.82. The Kier molecular flexibility index (Phi) is 2.93. The number of halogens is 1. The quantitative estimate of drug-likeness (QED) is 0.811. The van der Waals surface area contributed by atoms with Crippen LogP contribution in [-0.4, -0.2) is 33.6 Å². The van der Waals surface area contributed by atoms with Gasteiger partial charge in [0.05, 0.1) is 17.1 Å². The Hall–Kier alpha value is -1.20. The van der Waals surface area contributed by atoms with Gasteiger partial charge < -0.3 is 9.55 Å². The fourth-order valence-electron chi connectivity index (χ4n) is 3.95. The predicted octanol–water partition coefficient (Wildman–Crippen LogP) is 3.64. The monoisotopic (exact) mass is 291 g/mol. The molecule has 106 valence electrons. The minimum Gasteiger partial charge on any atom is -0.330 e. The van der Waals surface area contributed by atoms with Gasteiger partial charge in [-0.05, 0) is 56.2 Å². The van der Waals surface area contributed by atoms with Gasteiger partial charge in [0.1, 0.15) is 5.82 Å². The van der Waals surface area contributed by atoms with Crippen LogP contribution in [0.4, 0.5) is 4.39 Å². The van der Waals surface area contributed by atoms with Crippen molar-refractivity contribution in [2.24, 2.45) is 0 Å². The second kappa shape index (κ2) is 4.67. The molecule has 3 heterocycles. The topological polar surface area (TPSA) is 24.0 Å². The maximum absolute atomic E-state index is 13.4. The number of nitrogens with one attached hydrogen (secondary N) is 1. The van der Waals surface area contributed by atoms with Crippen LogP contribution < -0.4 is 0 Å². The fraction of sp³-hybridized carbons (Fsp3) is 0.533. The second-order valence-electron chi connectivity index (χ2n) is 5.92. The number of rotatable bonds is 1. The SMILES string of the molecule is Fc1ccc2c(c1)[nH]c(=S)n2C1CCN2CCCCC12. The van der Waals surface area contributed by atoms with Crippen LogP contribution in [0, 0.1) is 10.6 Å². The zero-order chi connectivity index (χ0) is 13.7. The maximum atomic E-state index is 13.4. The zero-order valence-electron chi connectivity index (χ0n) is 11.3. The van der Waals surface area contributed by atoms with Gasteiger partial charge in [0.15, 0.2) is 4.77 Å². The van der Waals surface area contributed by atoms with E-state index in [1.165, 1.54) is 37.9 Å². The molecular formula is C15H18FN3S. The van der Waals surface area contributed by atoms with Crippen molar-refractivity contribution in [3.8, 4) is 0 Å². The summed E-state index contributed by atoms with van der Waals surface area (Å²) in [7, 11) is 0. The van der Waals surface area contributed by atoms with Gasteiger partial charge in [-0.25, -0.2) is 4.39 Å². The average molecular weight is 291 g/mol. The van der Waals surface area contributed by atoms with Crippen LogP contribution in [0.15, 0.2) is 18.2 Å². The molecule has 0 saturated carbocycles. The van der Waals surface area contributed by atoms with Crippen molar-refractivity contribution >= 4 is 23.3 Å². The van der Waals surface area contributed by atoms with Crippen LogP contribution in [0.1, 0.15) is 31.7 Å². The largest absolute Gasteiger partial charge is 0.330 e. The molecule has 1 aromatic heterocycles. The second-order valence-corrected chi connectivity index (χ2v) is 6.30. The number of hydrogen-bond acceptors (Lipinski definition) is 2. The van der Waals surface area contributed by atoms with Gasteiger partial charge in [0.2, 0.25) is 0 Å². The van der Waals surface area contributed by atoms with Crippen molar-refractivity contribution in [2.75, 3.05) is 13.1 Å². The average Bonchev–Trinajstić information content (AvgIpc) is 2.98. The molecule has 0 radical (unpaired) electrons. The normalized spacial score (nSPS) is 27.1. The van der Waals surface area contributed by atoms with Crippen molar-refractivity contribution in [2.45, 2.75) is 37.8 Å². The Bertz CT molecular complexity index is 705. The predicted molar refractivity (Wildman–Crippen MR) is 79.9 cm³/mol. The highest BCUT2D eigenvalue weighted by atomic mass is 32.1. The maximum Gasteiger partial charge on any atom is 0.178 e. The van der Waals surface area contributed by atoms with E-state index >= 15 is 0 Å². The van der Waals surface area contributed by atoms with Gasteiger partial charge in [-0.2, -0.15) is 0 Å². The van der Waals surface area contributed by atoms with Gasteiger partial charge in [0.25, 0.3) is 0 Å². The third kappa shape index (κ3) is 1.84. The first-order valence-electron chi connectivity index (χ1n) is 7.38. The molecule has 2 saturated heterocycles. The molecule has 2 fully saturated rings. The molecule has 2 aliphatic rings. The lowest BCUT2D eigenvalue weighted by atomic mass is 9.99. The van der Waals surface area contributed by atoms with E-state index in [1.807, 2.05) is 6.07 Å². The van der Waals surface area contributed by atoms with Crippen molar-refractivity contribution in [1.82, 2.24) is 14.5 Å². The lowest BCUT2D eigenvalue weighted by Crippen LogP contribution is -2.37. The van der Waals surface area contributed by atoms with Gasteiger partial charge in [0, 0.05) is 12.6 Å². The van der Waals surface area contributed by atoms with E-state index in [1.54, 1.807) is 0 Å². The van der Waals surface area contributed by atoms with Gasteiger partial charge in [-0.1, -0.05) is 6.42 Å². The summed E-state index contributed by atoms with van der Waals surface area (Å²) in [5, 5.41) is 0. The Labute approximate surface area is 122 Å². The highest BCUT2D eigenvalue weighted by Crippen LogP contribution is 2.37. The molecule has 2 atom stereocenters. The van der Waals surface area contributed by atoms with Crippen LogP contribution in [0.25, 0.3) is 11.0 Å². The minimum absolute atomic E-state index is 0.216. The highest BCUT2D eigenvalue weighted by molar-refractivity contribution is 7.71. The van der Waals surface area contributed by atoms with E-state index in [0.717, 1.165) is 28.8 Å². The van der Waals surface area contributed by atoms with E-state index < -0.39 is 0 Å². The third-order valence-electron chi connectivity index (χ3n) is 4.83. The summed E-state index contributed by atoms with van der Waals surface area (Å²) >= 11 is 5.49. The number of H-pyrrole nitrogens is 1. The van der Waals surface area contributed by atoms with Gasteiger partial charge in [-0.3, -0.25) is 4.90 Å². The molecule has 0 bridgehead atoms. The number of benzene rings is 1. The number of imidazole rings is 1. The Morgan fingerprint density at radius 2 is 2.05 bits per heavy atom. The molecular weight excluding hydrogens is 273 g/mol. The molecule has 3 nitrogen and oxygen atoms in total. The van der Waals surface area contributed by atoms with E-state index in [9.17, 15) is 4.39 Å². The lowest BCUT2D eigenvalue weighted by molar-refractivity contribution is 0.174. The molecule has 2 aliphatic heterocycles. The summed E-state index contributed by atoms with van der Waals surface area (Å²) < 4.78 is 16.3. The lowest BCUT2D eigenvalue weighted by Gasteiger charge is -2.32. The van der Waals surface area contributed by atoms with Gasteiger partial charge in [-0.15, -0.1) is 0 Å². The molecule has 0 aliphatic carbocycles. The first-order valence-corrected chi connectivity index (χ1v) is 7.79. The molecule has 0 spiro atoms. The summed E-state index contributed by atoms with van der Waals surface area (Å²) in [6, 6.07) is 5.94. The third-order valence-corrected chi connectivity index (χ3v) is 5.13. The first kappa shape index (κ1) is 12.5. The summed E-state index contributed by atoms with van der Waals surface area (Å²) in [6.07, 6.45) is 5.01. The Morgan fingerprint density at radius 3 is 2.95 bits per heavy atom. The summed E-state index contributed by atoms with van der Waals surface area (Å²) in [5.74, 6) is -0.216. The molecule has 1 aromatic carbocycles. The van der Waals surface area contributed by atoms with Crippen molar-refractivity contribution in [1.29, 1.82) is 0 Å². The first-order chi connectivity index (χ1) is 9.74. The Morgan fingerprint density at radius 1 is 1.15 bits per heavy atom. The number of fused-ring (bicyclic) bond motifs is 2. The van der Waals surface area contributed by atoms with Crippen LogP contribution in [-0.2, 0) is 0 Å². The van der Waals surface area contributed by atoms with E-state index in [-0.39, 0.29) is 5.82 Å². The highest BCUT2D eigenvalue weighted by Gasteiger charge is 2.37. The molecule has 1 N–H and O–H groups in total. The van der Waals surface area contributed by atoms with Gasteiger partial charge >= 0.3 is 0 Å². The van der Waals surface area contributed by atoms with E-state index in [0.29, 0.717) is 12.1 Å². The van der Waals surface area contributed by atoms with Crippen molar-refractivity contribution < 1.29 is 4.39 Å². The smallest absolute Gasteiger partial charge is 0.178 e. The minimum atomic E-state index is -0.216. The molecule has 2 aromatic rings. The van der Waals surface area contributed by atoms with Crippen molar-refractivity contribution in [3.05, 3.63) is 28.8 Å². The van der Waals surface area contributed by atoms with Crippen LogP contribution in [0.3, 0.4) is 0 Å². The van der Waals surface area contributed by atoms with Crippen LogP contribution in [0.2, 0.25) is 0 Å². The molecule has 20 heavy (non-hydrogen) atoms.